The molecule has 2 aromatic rings. The van der Waals surface area contributed by atoms with Crippen LogP contribution in [0, 0.1) is 0 Å². The Kier molecular flexibility index (Phi) is 5.76. The fraction of sp³-hybridized carbons (Fsp3) is 0.118. The Balaban J connectivity index is 2.01. The Morgan fingerprint density at radius 2 is 1.80 bits per heavy atom. The quantitative estimate of drug-likeness (QED) is 0.658. The normalized spacial score (nSPS) is 11.4. The summed E-state index contributed by atoms with van der Waals surface area (Å²) in [5.74, 6) is -2.21. The Morgan fingerprint density at radius 3 is 2.40 bits per heavy atom. The molecule has 25 heavy (non-hydrogen) atoms. The molecule has 0 aliphatic rings. The van der Waals surface area contributed by atoms with Gasteiger partial charge in [0.2, 0.25) is 5.91 Å². The molecule has 1 atom stereocenters. The molecule has 8 heteroatoms. The maximum absolute atomic E-state index is 12.1. The zero-order valence-corrected chi connectivity index (χ0v) is 14.7. The number of amides is 2. The summed E-state index contributed by atoms with van der Waals surface area (Å²) in [5, 5.41) is 12.3. The Labute approximate surface area is 151 Å². The number of carbonyl (C=O) groups excluding carboxylic acids is 3. The molecule has 4 N–H and O–H groups in total. The van der Waals surface area contributed by atoms with Crippen LogP contribution in [-0.4, -0.2) is 29.0 Å². The number of nitrogens with two attached hydrogens (primary N) is 1. The van der Waals surface area contributed by atoms with Crippen LogP contribution in [-0.2, 0) is 9.53 Å². The third kappa shape index (κ3) is 4.80. The van der Waals surface area contributed by atoms with Gasteiger partial charge in [0.15, 0.2) is 6.10 Å². The molecule has 0 unspecified atom stereocenters. The van der Waals surface area contributed by atoms with Crippen LogP contribution in [0.25, 0.3) is 0 Å². The number of nitrogens with one attached hydrogen (secondary N) is 1. The lowest BCUT2D eigenvalue weighted by molar-refractivity contribution is -0.123. The second kappa shape index (κ2) is 7.80. The fourth-order valence-corrected chi connectivity index (χ4v) is 2.27. The van der Waals surface area contributed by atoms with E-state index in [1.165, 1.54) is 43.3 Å². The van der Waals surface area contributed by atoms with Crippen LogP contribution in [0.3, 0.4) is 0 Å². The molecule has 0 saturated carbocycles. The molecule has 0 heterocycles. The van der Waals surface area contributed by atoms with E-state index >= 15 is 0 Å². The molecule has 0 aliphatic heterocycles. The number of carbonyl (C=O) groups is 3. The third-order valence-electron chi connectivity index (χ3n) is 3.27. The molecule has 0 bridgehead atoms. The van der Waals surface area contributed by atoms with E-state index in [9.17, 15) is 19.5 Å². The Bertz CT molecular complexity index is 820. The lowest BCUT2D eigenvalue weighted by Crippen LogP contribution is -2.30. The first-order valence-corrected chi connectivity index (χ1v) is 7.97. The summed E-state index contributed by atoms with van der Waals surface area (Å²) in [7, 11) is 0. The zero-order chi connectivity index (χ0) is 18.6. The van der Waals surface area contributed by atoms with Crippen molar-refractivity contribution < 1.29 is 24.2 Å². The second-order valence-corrected chi connectivity index (χ2v) is 6.06. The van der Waals surface area contributed by atoms with E-state index in [0.717, 1.165) is 0 Å². The first-order chi connectivity index (χ1) is 11.8. The van der Waals surface area contributed by atoms with Gasteiger partial charge in [-0.25, -0.2) is 4.79 Å². The molecule has 2 amide bonds. The van der Waals surface area contributed by atoms with Crippen molar-refractivity contribution in [2.45, 2.75) is 13.0 Å². The number of ether oxygens (including phenoxy) is 1. The van der Waals surface area contributed by atoms with Crippen LogP contribution in [0.2, 0.25) is 0 Å². The van der Waals surface area contributed by atoms with Crippen molar-refractivity contribution in [1.82, 2.24) is 0 Å². The number of phenols is 1. The van der Waals surface area contributed by atoms with Crippen LogP contribution >= 0.6 is 15.9 Å². The molecule has 0 aromatic heterocycles. The van der Waals surface area contributed by atoms with Crippen molar-refractivity contribution in [3.8, 4) is 5.75 Å². The van der Waals surface area contributed by atoms with Gasteiger partial charge < -0.3 is 20.9 Å². The molecule has 0 saturated heterocycles. The van der Waals surface area contributed by atoms with Crippen LogP contribution in [0.15, 0.2) is 46.9 Å². The van der Waals surface area contributed by atoms with Gasteiger partial charge in [-0.05, 0) is 49.4 Å². The summed E-state index contributed by atoms with van der Waals surface area (Å²) in [6.45, 7) is 1.40. The van der Waals surface area contributed by atoms with E-state index in [1.54, 1.807) is 6.07 Å². The molecule has 0 aliphatic carbocycles. The van der Waals surface area contributed by atoms with Gasteiger partial charge in [-0.3, -0.25) is 9.59 Å². The third-order valence-corrected chi connectivity index (χ3v) is 3.76. The lowest BCUT2D eigenvalue weighted by Gasteiger charge is -2.14. The SMILES string of the molecule is C[C@@H](OC(=O)c1cc(Br)ccc1O)C(=O)Nc1ccc(C(N)=O)cc1. The first-order valence-electron chi connectivity index (χ1n) is 7.18. The summed E-state index contributed by atoms with van der Waals surface area (Å²) in [4.78, 5) is 35.2. The average molecular weight is 407 g/mol. The van der Waals surface area contributed by atoms with Crippen LogP contribution in [0.1, 0.15) is 27.6 Å². The van der Waals surface area contributed by atoms with E-state index in [0.29, 0.717) is 15.7 Å². The summed E-state index contributed by atoms with van der Waals surface area (Å²) in [6.07, 6.45) is -1.10. The lowest BCUT2D eigenvalue weighted by atomic mass is 10.2. The Morgan fingerprint density at radius 1 is 1.16 bits per heavy atom. The molecule has 0 radical (unpaired) electrons. The summed E-state index contributed by atoms with van der Waals surface area (Å²) < 4.78 is 5.65. The number of primary amides is 1. The van der Waals surface area contributed by atoms with Gasteiger partial charge in [0.05, 0.1) is 0 Å². The number of aromatic hydroxyl groups is 1. The van der Waals surface area contributed by atoms with E-state index in [4.69, 9.17) is 10.5 Å². The summed E-state index contributed by atoms with van der Waals surface area (Å²) >= 11 is 3.19. The van der Waals surface area contributed by atoms with Gasteiger partial charge >= 0.3 is 5.97 Å². The van der Waals surface area contributed by atoms with E-state index in [-0.39, 0.29) is 11.3 Å². The molecule has 7 nitrogen and oxygen atoms in total. The molecular formula is C17H15BrN2O5. The van der Waals surface area contributed by atoms with Crippen molar-refractivity contribution in [2.75, 3.05) is 5.32 Å². The van der Waals surface area contributed by atoms with Crippen molar-refractivity contribution in [1.29, 1.82) is 0 Å². The summed E-state index contributed by atoms with van der Waals surface area (Å²) in [6, 6.07) is 10.2. The van der Waals surface area contributed by atoms with Gasteiger partial charge in [0.1, 0.15) is 11.3 Å². The van der Waals surface area contributed by atoms with Gasteiger partial charge in [0, 0.05) is 15.7 Å². The number of benzene rings is 2. The molecule has 2 rings (SSSR count). The molecule has 0 fully saturated rings. The second-order valence-electron chi connectivity index (χ2n) is 5.14. The average Bonchev–Trinajstić information content (AvgIpc) is 2.57. The van der Waals surface area contributed by atoms with Crippen molar-refractivity contribution in [3.63, 3.8) is 0 Å². The maximum Gasteiger partial charge on any atom is 0.342 e. The van der Waals surface area contributed by atoms with Crippen LogP contribution < -0.4 is 11.1 Å². The fourth-order valence-electron chi connectivity index (χ4n) is 1.91. The van der Waals surface area contributed by atoms with E-state index in [1.807, 2.05) is 0 Å². The minimum absolute atomic E-state index is 0.0557. The molecule has 130 valence electrons. The van der Waals surface area contributed by atoms with Gasteiger partial charge in [-0.15, -0.1) is 0 Å². The molecular weight excluding hydrogens is 392 g/mol. The number of phenolic OH excluding ortho intramolecular Hbond substituents is 1. The minimum atomic E-state index is -1.10. The number of anilines is 1. The maximum atomic E-state index is 12.1. The highest BCUT2D eigenvalue weighted by atomic mass is 79.9. The predicted molar refractivity (Wildman–Crippen MR) is 94.3 cm³/mol. The monoisotopic (exact) mass is 406 g/mol. The van der Waals surface area contributed by atoms with E-state index < -0.39 is 23.9 Å². The minimum Gasteiger partial charge on any atom is -0.507 e. The van der Waals surface area contributed by atoms with Crippen LogP contribution in [0.5, 0.6) is 5.75 Å². The number of hydrogen-bond donors (Lipinski definition) is 3. The smallest absolute Gasteiger partial charge is 0.342 e. The molecule has 2 aromatic carbocycles. The van der Waals surface area contributed by atoms with Crippen LogP contribution in [0.4, 0.5) is 5.69 Å². The zero-order valence-electron chi connectivity index (χ0n) is 13.2. The predicted octanol–water partition coefficient (Wildman–Crippen LogP) is 2.44. The summed E-state index contributed by atoms with van der Waals surface area (Å²) in [5.41, 5.74) is 5.81. The van der Waals surface area contributed by atoms with Crippen molar-refractivity contribution >= 4 is 39.4 Å². The van der Waals surface area contributed by atoms with Gasteiger partial charge in [-0.1, -0.05) is 15.9 Å². The van der Waals surface area contributed by atoms with Gasteiger partial charge in [0.25, 0.3) is 5.91 Å². The van der Waals surface area contributed by atoms with Crippen molar-refractivity contribution in [2.24, 2.45) is 5.73 Å². The topological polar surface area (TPSA) is 119 Å². The largest absolute Gasteiger partial charge is 0.507 e. The first kappa shape index (κ1) is 18.5. The number of hydrogen-bond acceptors (Lipinski definition) is 5. The standard InChI is InChI=1S/C17H15BrN2O5/c1-9(25-17(24)13-8-11(18)4-7-14(13)21)16(23)20-12-5-2-10(3-6-12)15(19)22/h2-9,21H,1H3,(H2,19,22)(H,20,23)/t9-/m1/s1. The van der Waals surface area contributed by atoms with E-state index in [2.05, 4.69) is 21.2 Å². The van der Waals surface area contributed by atoms with Crippen molar-refractivity contribution in [3.05, 3.63) is 58.1 Å². The highest BCUT2D eigenvalue weighted by Crippen LogP contribution is 2.23. The number of halogens is 1. The van der Waals surface area contributed by atoms with Gasteiger partial charge in [-0.2, -0.15) is 0 Å². The highest BCUT2D eigenvalue weighted by Gasteiger charge is 2.21. The highest BCUT2D eigenvalue weighted by molar-refractivity contribution is 9.10. The number of esters is 1. The number of rotatable bonds is 5. The Hall–Kier alpha value is -2.87. The molecule has 0 spiro atoms.